The van der Waals surface area contributed by atoms with Crippen molar-refractivity contribution in [2.24, 2.45) is 10.8 Å². The van der Waals surface area contributed by atoms with Gasteiger partial charge in [0, 0.05) is 24.8 Å². The van der Waals surface area contributed by atoms with Crippen LogP contribution in [-0.4, -0.2) is 84.1 Å². The summed E-state index contributed by atoms with van der Waals surface area (Å²) in [6.45, 7) is 10.9. The van der Waals surface area contributed by atoms with Crippen molar-refractivity contribution in [3.63, 3.8) is 0 Å². The molecule has 0 saturated heterocycles. The largest absolute Gasteiger partial charge is 0.453 e. The molecule has 1 aromatic heterocycles. The number of pyridine rings is 1. The highest BCUT2D eigenvalue weighted by Gasteiger charge is 2.37. The minimum atomic E-state index is -1.22. The summed E-state index contributed by atoms with van der Waals surface area (Å²) in [5.74, 6) is -1.03. The van der Waals surface area contributed by atoms with Crippen LogP contribution in [0.5, 0.6) is 0 Å². The van der Waals surface area contributed by atoms with Gasteiger partial charge in [-0.3, -0.25) is 20.0 Å². The Morgan fingerprint density at radius 2 is 1.27 bits per heavy atom. The first kappa shape index (κ1) is 40.4. The molecule has 0 radical (unpaired) electrons. The molecule has 0 saturated carbocycles. The van der Waals surface area contributed by atoms with Crippen LogP contribution < -0.4 is 21.4 Å². The van der Waals surface area contributed by atoms with Crippen LogP contribution in [0.2, 0.25) is 0 Å². The Morgan fingerprint density at radius 1 is 0.725 bits per heavy atom. The van der Waals surface area contributed by atoms with Gasteiger partial charge in [0.1, 0.15) is 12.1 Å². The molecule has 0 spiro atoms. The average molecular weight is 705 g/mol. The van der Waals surface area contributed by atoms with Crippen LogP contribution in [0.4, 0.5) is 9.59 Å². The van der Waals surface area contributed by atoms with Crippen molar-refractivity contribution in [3.8, 4) is 11.3 Å². The summed E-state index contributed by atoms with van der Waals surface area (Å²) in [5, 5.41) is 21.6. The van der Waals surface area contributed by atoms with Gasteiger partial charge in [-0.15, -0.1) is 0 Å². The molecular weight excluding hydrogens is 652 g/mol. The molecule has 3 aromatic rings. The standard InChI is InChI=1S/C38H52N6O7/c1-37(2,3)31(41-35(48)50-7)33(46)40-29(22-25-14-10-9-11-15-25)30(45)24-44(43-34(47)32(38(4,5)6)42-36(49)51-8)23-26-17-19-27(20-18-26)28-16-12-13-21-39-28/h9-21,29-32,45H,22-24H2,1-8H3,(H,40,46)(H,41,48)(H,42,49)(H,43,47)/t29?,30-,31+,32+/m0/s1. The molecule has 0 aliphatic carbocycles. The minimum absolute atomic E-state index is 0.120. The smallest absolute Gasteiger partial charge is 0.407 e. The average Bonchev–Trinajstić information content (AvgIpc) is 3.08. The first-order valence-electron chi connectivity index (χ1n) is 16.8. The van der Waals surface area contributed by atoms with E-state index in [4.69, 9.17) is 9.47 Å². The molecule has 4 atom stereocenters. The predicted molar refractivity (Wildman–Crippen MR) is 194 cm³/mol. The van der Waals surface area contributed by atoms with Crippen molar-refractivity contribution in [2.45, 2.75) is 78.7 Å². The van der Waals surface area contributed by atoms with E-state index in [1.54, 1.807) is 32.0 Å². The maximum atomic E-state index is 13.8. The number of rotatable bonds is 14. The number of carbonyl (C=O) groups excluding carboxylic acids is 4. The Bertz CT molecular complexity index is 1570. The molecule has 1 unspecified atom stereocenters. The molecule has 1 heterocycles. The van der Waals surface area contributed by atoms with Crippen molar-refractivity contribution < 1.29 is 33.8 Å². The van der Waals surface area contributed by atoms with E-state index < -0.39 is 59.1 Å². The number of hydrogen-bond acceptors (Lipinski definition) is 9. The van der Waals surface area contributed by atoms with E-state index in [0.29, 0.717) is 0 Å². The highest BCUT2D eigenvalue weighted by Crippen LogP contribution is 2.23. The van der Waals surface area contributed by atoms with Crippen LogP contribution in [-0.2, 0) is 32.0 Å². The van der Waals surface area contributed by atoms with E-state index in [-0.39, 0.29) is 19.5 Å². The summed E-state index contributed by atoms with van der Waals surface area (Å²) in [6, 6.07) is 19.8. The van der Waals surface area contributed by atoms with Gasteiger partial charge in [-0.25, -0.2) is 14.6 Å². The molecule has 0 aliphatic heterocycles. The summed E-state index contributed by atoms with van der Waals surface area (Å²) < 4.78 is 9.54. The second-order valence-electron chi connectivity index (χ2n) is 14.5. The highest BCUT2D eigenvalue weighted by atomic mass is 16.5. The molecule has 13 heteroatoms. The Balaban J connectivity index is 1.96. The topological polar surface area (TPSA) is 171 Å². The number of alkyl carbamates (subject to hydrolysis) is 2. The van der Waals surface area contributed by atoms with Gasteiger partial charge < -0.3 is 30.5 Å². The van der Waals surface area contributed by atoms with Gasteiger partial charge in [0.2, 0.25) is 5.91 Å². The van der Waals surface area contributed by atoms with Crippen LogP contribution in [0.1, 0.15) is 52.7 Å². The monoisotopic (exact) mass is 704 g/mol. The van der Waals surface area contributed by atoms with Crippen molar-refractivity contribution in [1.82, 2.24) is 31.4 Å². The number of amides is 4. The van der Waals surface area contributed by atoms with Crippen molar-refractivity contribution >= 4 is 24.0 Å². The number of nitrogens with zero attached hydrogens (tertiary/aromatic N) is 2. The van der Waals surface area contributed by atoms with Gasteiger partial charge in [-0.2, -0.15) is 0 Å². The number of aromatic nitrogens is 1. The zero-order chi connectivity index (χ0) is 37.8. The summed E-state index contributed by atoms with van der Waals surface area (Å²) in [7, 11) is 2.44. The van der Waals surface area contributed by atoms with Crippen LogP contribution >= 0.6 is 0 Å². The van der Waals surface area contributed by atoms with E-state index in [2.05, 4.69) is 26.4 Å². The molecule has 4 amide bonds. The van der Waals surface area contributed by atoms with Crippen LogP contribution in [0.3, 0.4) is 0 Å². The first-order valence-corrected chi connectivity index (χ1v) is 16.8. The fourth-order valence-corrected chi connectivity index (χ4v) is 5.38. The molecule has 5 N–H and O–H groups in total. The first-order chi connectivity index (χ1) is 24.0. The number of aliphatic hydroxyl groups is 1. The van der Waals surface area contributed by atoms with Crippen molar-refractivity contribution in [1.29, 1.82) is 0 Å². The summed E-state index contributed by atoms with van der Waals surface area (Å²) >= 11 is 0. The fourth-order valence-electron chi connectivity index (χ4n) is 5.38. The number of aliphatic hydroxyl groups excluding tert-OH is 1. The van der Waals surface area contributed by atoms with E-state index in [1.807, 2.05) is 93.6 Å². The van der Waals surface area contributed by atoms with Crippen LogP contribution in [0.25, 0.3) is 11.3 Å². The SMILES string of the molecule is COC(=O)N[C@H](C(=O)NC(Cc1ccccc1)[C@@H](O)CN(Cc1ccc(-c2ccccn2)cc1)NC(=O)[C@@H](NC(=O)OC)C(C)(C)C)C(C)(C)C. The molecule has 0 aliphatic rings. The van der Waals surface area contributed by atoms with Gasteiger partial charge in [-0.1, -0.05) is 102 Å². The van der Waals surface area contributed by atoms with Crippen molar-refractivity contribution in [2.75, 3.05) is 20.8 Å². The Labute approximate surface area is 300 Å². The van der Waals surface area contributed by atoms with Gasteiger partial charge in [0.25, 0.3) is 5.91 Å². The minimum Gasteiger partial charge on any atom is -0.453 e. The lowest BCUT2D eigenvalue weighted by Crippen LogP contribution is -2.60. The van der Waals surface area contributed by atoms with Crippen molar-refractivity contribution in [3.05, 3.63) is 90.1 Å². The molecule has 3 rings (SSSR count). The Hall–Kier alpha value is -5.01. The van der Waals surface area contributed by atoms with Gasteiger partial charge >= 0.3 is 12.2 Å². The Kier molecular flexibility index (Phi) is 14.5. The third kappa shape index (κ3) is 12.7. The van der Waals surface area contributed by atoms with E-state index in [9.17, 15) is 24.3 Å². The van der Waals surface area contributed by atoms with Gasteiger partial charge in [-0.05, 0) is 40.5 Å². The summed E-state index contributed by atoms with van der Waals surface area (Å²) in [4.78, 5) is 56.3. The van der Waals surface area contributed by atoms with Gasteiger partial charge in [0.15, 0.2) is 0 Å². The van der Waals surface area contributed by atoms with Crippen LogP contribution in [0.15, 0.2) is 79.0 Å². The molecular formula is C38H52N6O7. The lowest BCUT2D eigenvalue weighted by Gasteiger charge is -2.35. The predicted octanol–water partition coefficient (Wildman–Crippen LogP) is 4.21. The van der Waals surface area contributed by atoms with E-state index in [0.717, 1.165) is 22.4 Å². The zero-order valence-electron chi connectivity index (χ0n) is 30.7. The van der Waals surface area contributed by atoms with E-state index in [1.165, 1.54) is 14.2 Å². The highest BCUT2D eigenvalue weighted by molar-refractivity contribution is 5.87. The quantitative estimate of drug-likeness (QED) is 0.154. The number of methoxy groups -OCH3 is 2. The number of benzene rings is 2. The number of nitrogens with one attached hydrogen (secondary N) is 4. The third-order valence-corrected chi connectivity index (χ3v) is 8.21. The lowest BCUT2D eigenvalue weighted by molar-refractivity contribution is -0.132. The second-order valence-corrected chi connectivity index (χ2v) is 14.5. The molecule has 13 nitrogen and oxygen atoms in total. The third-order valence-electron chi connectivity index (χ3n) is 8.21. The van der Waals surface area contributed by atoms with Gasteiger partial charge in [0.05, 0.1) is 32.1 Å². The fraction of sp³-hybridized carbons (Fsp3) is 0.447. The lowest BCUT2D eigenvalue weighted by atomic mass is 9.85. The Morgan fingerprint density at radius 3 is 1.78 bits per heavy atom. The number of hydrazine groups is 1. The number of hydrogen-bond donors (Lipinski definition) is 5. The molecule has 0 bridgehead atoms. The molecule has 0 fully saturated rings. The number of carbonyl (C=O) groups is 4. The number of ether oxygens (including phenoxy) is 2. The molecule has 51 heavy (non-hydrogen) atoms. The normalized spacial score (nSPS) is 14.0. The molecule has 2 aromatic carbocycles. The maximum absolute atomic E-state index is 13.8. The second kappa shape index (κ2) is 18.3. The summed E-state index contributed by atoms with van der Waals surface area (Å²) in [6.07, 6.45) is -0.778. The van der Waals surface area contributed by atoms with E-state index >= 15 is 0 Å². The zero-order valence-corrected chi connectivity index (χ0v) is 30.7. The maximum Gasteiger partial charge on any atom is 0.407 e. The summed E-state index contributed by atoms with van der Waals surface area (Å²) in [5.41, 5.74) is 4.88. The van der Waals surface area contributed by atoms with Crippen LogP contribution in [0, 0.1) is 10.8 Å². The molecule has 276 valence electrons.